The molecule has 2 aromatic rings. The van der Waals surface area contributed by atoms with Crippen LogP contribution in [0.5, 0.6) is 5.75 Å². The van der Waals surface area contributed by atoms with Gasteiger partial charge in [-0.1, -0.05) is 12.1 Å². The predicted molar refractivity (Wildman–Crippen MR) is 77.0 cm³/mol. The molecule has 2 aliphatic rings. The molecule has 0 saturated heterocycles. The summed E-state index contributed by atoms with van der Waals surface area (Å²) in [6.45, 7) is 0. The van der Waals surface area contributed by atoms with Crippen molar-refractivity contribution in [1.29, 1.82) is 0 Å². The number of ether oxygens (including phenoxy) is 1. The molecule has 1 amide bonds. The van der Waals surface area contributed by atoms with Crippen molar-refractivity contribution in [2.75, 3.05) is 23.1 Å². The summed E-state index contributed by atoms with van der Waals surface area (Å²) in [5, 5.41) is 9.47. The molecule has 2 aromatic carbocycles. The van der Waals surface area contributed by atoms with E-state index in [1.54, 1.807) is 7.11 Å². The van der Waals surface area contributed by atoms with Crippen LogP contribution in [0.25, 0.3) is 0 Å². The van der Waals surface area contributed by atoms with Crippen molar-refractivity contribution in [1.82, 2.24) is 0 Å². The van der Waals surface area contributed by atoms with Crippen molar-refractivity contribution in [3.05, 3.63) is 48.0 Å². The van der Waals surface area contributed by atoms with Gasteiger partial charge in [-0.3, -0.25) is 4.79 Å². The quantitative estimate of drug-likeness (QED) is 0.742. The first-order chi connectivity index (χ1) is 9.73. The zero-order valence-corrected chi connectivity index (χ0v) is 10.9. The van der Waals surface area contributed by atoms with Crippen molar-refractivity contribution in [2.45, 2.75) is 5.66 Å². The van der Waals surface area contributed by atoms with E-state index in [9.17, 15) is 4.79 Å². The Labute approximate surface area is 115 Å². The Morgan fingerprint density at radius 1 is 1.00 bits per heavy atom. The van der Waals surface area contributed by atoms with Gasteiger partial charge in [0.05, 0.1) is 18.5 Å². The molecule has 0 aliphatic carbocycles. The number of para-hydroxylation sites is 2. The minimum absolute atomic E-state index is 0.114. The van der Waals surface area contributed by atoms with Gasteiger partial charge < -0.3 is 20.7 Å². The Kier molecular flexibility index (Phi) is 2.04. The second-order valence-corrected chi connectivity index (χ2v) is 4.91. The minimum Gasteiger partial charge on any atom is -0.497 e. The largest absolute Gasteiger partial charge is 0.497 e. The van der Waals surface area contributed by atoms with Gasteiger partial charge in [-0.05, 0) is 30.3 Å². The lowest BCUT2D eigenvalue weighted by molar-refractivity contribution is -0.119. The van der Waals surface area contributed by atoms with Crippen molar-refractivity contribution < 1.29 is 9.53 Å². The van der Waals surface area contributed by atoms with Crippen LogP contribution in [0, 0.1) is 0 Å². The number of nitrogens with one attached hydrogen (secondary N) is 3. The maximum absolute atomic E-state index is 12.4. The van der Waals surface area contributed by atoms with Gasteiger partial charge in [-0.25, -0.2) is 0 Å². The third-order valence-electron chi connectivity index (χ3n) is 3.79. The summed E-state index contributed by atoms with van der Waals surface area (Å²) in [6.07, 6.45) is 0. The van der Waals surface area contributed by atoms with Crippen molar-refractivity contribution in [3.8, 4) is 5.75 Å². The zero-order valence-electron chi connectivity index (χ0n) is 10.9. The Morgan fingerprint density at radius 2 is 1.70 bits per heavy atom. The molecule has 0 bridgehead atoms. The van der Waals surface area contributed by atoms with E-state index in [1.165, 1.54) is 0 Å². The SMILES string of the molecule is COc1ccc2c(c1)C1(Nc3ccccc3N1)C(=O)N2. The molecule has 100 valence electrons. The smallest absolute Gasteiger partial charge is 0.275 e. The molecule has 2 heterocycles. The van der Waals surface area contributed by atoms with Gasteiger partial charge in [0.2, 0.25) is 5.66 Å². The van der Waals surface area contributed by atoms with Crippen molar-refractivity contribution >= 4 is 23.0 Å². The molecule has 0 unspecified atom stereocenters. The third kappa shape index (κ3) is 1.29. The highest BCUT2D eigenvalue weighted by Crippen LogP contribution is 2.46. The number of rotatable bonds is 1. The summed E-state index contributed by atoms with van der Waals surface area (Å²) in [4.78, 5) is 12.4. The second kappa shape index (κ2) is 3.66. The molecule has 0 saturated carbocycles. The average molecular weight is 267 g/mol. The van der Waals surface area contributed by atoms with Crippen LogP contribution in [0.4, 0.5) is 17.1 Å². The molecular formula is C15H13N3O2. The van der Waals surface area contributed by atoms with E-state index < -0.39 is 5.66 Å². The van der Waals surface area contributed by atoms with Crippen LogP contribution in [0.3, 0.4) is 0 Å². The molecule has 0 radical (unpaired) electrons. The summed E-state index contributed by atoms with van der Waals surface area (Å²) in [7, 11) is 1.61. The van der Waals surface area contributed by atoms with Gasteiger partial charge in [-0.2, -0.15) is 0 Å². The van der Waals surface area contributed by atoms with E-state index in [4.69, 9.17) is 4.74 Å². The minimum atomic E-state index is -0.951. The molecule has 0 aromatic heterocycles. The van der Waals surface area contributed by atoms with Crippen LogP contribution < -0.4 is 20.7 Å². The number of hydrogen-bond acceptors (Lipinski definition) is 4. The van der Waals surface area contributed by atoms with E-state index in [1.807, 2.05) is 42.5 Å². The van der Waals surface area contributed by atoms with Gasteiger partial charge >= 0.3 is 0 Å². The maximum atomic E-state index is 12.4. The zero-order chi connectivity index (χ0) is 13.7. The molecule has 3 N–H and O–H groups in total. The number of carbonyl (C=O) groups is 1. The van der Waals surface area contributed by atoms with Crippen molar-refractivity contribution in [3.63, 3.8) is 0 Å². The van der Waals surface area contributed by atoms with E-state index in [0.29, 0.717) is 0 Å². The Morgan fingerprint density at radius 3 is 2.35 bits per heavy atom. The highest BCUT2D eigenvalue weighted by atomic mass is 16.5. The van der Waals surface area contributed by atoms with Crippen LogP contribution in [-0.2, 0) is 10.5 Å². The molecule has 5 heteroatoms. The van der Waals surface area contributed by atoms with Gasteiger partial charge in [0.15, 0.2) is 0 Å². The summed E-state index contributed by atoms with van der Waals surface area (Å²) in [6, 6.07) is 13.3. The number of benzene rings is 2. The number of fused-ring (bicyclic) bond motifs is 3. The fourth-order valence-electron chi connectivity index (χ4n) is 2.79. The van der Waals surface area contributed by atoms with E-state index in [0.717, 1.165) is 28.4 Å². The first-order valence-electron chi connectivity index (χ1n) is 6.38. The van der Waals surface area contributed by atoms with Crippen LogP contribution >= 0.6 is 0 Å². The van der Waals surface area contributed by atoms with Crippen molar-refractivity contribution in [2.24, 2.45) is 0 Å². The third-order valence-corrected chi connectivity index (χ3v) is 3.79. The standard InChI is InChI=1S/C15H13N3O2/c1-20-9-6-7-11-10(8-9)15(14(19)16-11)17-12-4-2-3-5-13(12)18-15/h2-8,17-18H,1H3,(H,16,19). The lowest BCUT2D eigenvalue weighted by atomic mass is 10.0. The topological polar surface area (TPSA) is 62.4 Å². The Balaban J connectivity index is 1.87. The molecule has 0 fully saturated rings. The van der Waals surface area contributed by atoms with E-state index in [2.05, 4.69) is 16.0 Å². The monoisotopic (exact) mass is 267 g/mol. The highest BCUT2D eigenvalue weighted by molar-refractivity contribution is 6.11. The molecular weight excluding hydrogens is 254 g/mol. The fraction of sp³-hybridized carbons (Fsp3) is 0.133. The lowest BCUT2D eigenvalue weighted by Crippen LogP contribution is -2.45. The number of hydrogen-bond donors (Lipinski definition) is 3. The van der Waals surface area contributed by atoms with E-state index in [-0.39, 0.29) is 5.91 Å². The summed E-state index contributed by atoms with van der Waals surface area (Å²) < 4.78 is 5.26. The molecule has 1 spiro atoms. The number of carbonyl (C=O) groups excluding carboxylic acids is 1. The summed E-state index contributed by atoms with van der Waals surface area (Å²) in [5.74, 6) is 0.608. The Hall–Kier alpha value is -2.69. The highest BCUT2D eigenvalue weighted by Gasteiger charge is 2.50. The summed E-state index contributed by atoms with van der Waals surface area (Å²) >= 11 is 0. The first kappa shape index (κ1) is 11.2. The van der Waals surface area contributed by atoms with Crippen LogP contribution in [0.15, 0.2) is 42.5 Å². The Bertz CT molecular complexity index is 702. The number of anilines is 3. The van der Waals surface area contributed by atoms with Gasteiger partial charge in [0.25, 0.3) is 5.91 Å². The lowest BCUT2D eigenvalue weighted by Gasteiger charge is -2.23. The van der Waals surface area contributed by atoms with Gasteiger partial charge in [0, 0.05) is 11.3 Å². The number of methoxy groups -OCH3 is 1. The van der Waals surface area contributed by atoms with E-state index >= 15 is 0 Å². The maximum Gasteiger partial charge on any atom is 0.275 e. The van der Waals surface area contributed by atoms with Crippen LogP contribution in [-0.4, -0.2) is 13.0 Å². The van der Waals surface area contributed by atoms with Crippen LogP contribution in [0.1, 0.15) is 5.56 Å². The van der Waals surface area contributed by atoms with Gasteiger partial charge in [-0.15, -0.1) is 0 Å². The van der Waals surface area contributed by atoms with Crippen LogP contribution in [0.2, 0.25) is 0 Å². The molecule has 20 heavy (non-hydrogen) atoms. The summed E-state index contributed by atoms with van der Waals surface area (Å²) in [5.41, 5.74) is 2.52. The van der Waals surface area contributed by atoms with Gasteiger partial charge in [0.1, 0.15) is 5.75 Å². The fourth-order valence-corrected chi connectivity index (χ4v) is 2.79. The second-order valence-electron chi connectivity index (χ2n) is 4.91. The molecule has 2 aliphatic heterocycles. The molecule has 4 rings (SSSR count). The molecule has 5 nitrogen and oxygen atoms in total. The first-order valence-corrected chi connectivity index (χ1v) is 6.38. The predicted octanol–water partition coefficient (Wildman–Crippen LogP) is 2.34. The molecule has 0 atom stereocenters. The number of amides is 1. The normalized spacial score (nSPS) is 16.9. The average Bonchev–Trinajstić information content (AvgIpc) is 2.98.